The summed E-state index contributed by atoms with van der Waals surface area (Å²) in [5, 5.41) is 10.5. The van der Waals surface area contributed by atoms with Crippen LogP contribution in [0.25, 0.3) is 0 Å². The number of rotatable bonds is 5. The summed E-state index contributed by atoms with van der Waals surface area (Å²) >= 11 is 0. The van der Waals surface area contributed by atoms with Crippen LogP contribution in [-0.2, 0) is 4.74 Å². The lowest BCUT2D eigenvalue weighted by Gasteiger charge is -2.38. The number of aliphatic hydroxyl groups is 1. The summed E-state index contributed by atoms with van der Waals surface area (Å²) in [7, 11) is 0. The zero-order valence-electron chi connectivity index (χ0n) is 11.9. The van der Waals surface area contributed by atoms with Gasteiger partial charge < -0.3 is 14.6 Å². The van der Waals surface area contributed by atoms with Crippen LogP contribution in [0.15, 0.2) is 24.3 Å². The van der Waals surface area contributed by atoms with Crippen molar-refractivity contribution in [3.8, 4) is 5.75 Å². The quantitative estimate of drug-likeness (QED) is 0.885. The summed E-state index contributed by atoms with van der Waals surface area (Å²) in [6, 6.07) is 7.69. The fraction of sp³-hybridized carbons (Fsp3) is 0.625. The van der Waals surface area contributed by atoms with E-state index in [2.05, 4.69) is 6.92 Å². The molecule has 1 aliphatic heterocycles. The Labute approximate surface area is 115 Å². The van der Waals surface area contributed by atoms with Crippen LogP contribution < -0.4 is 4.74 Å². The maximum Gasteiger partial charge on any atom is 0.119 e. The normalized spacial score (nSPS) is 25.0. The lowest BCUT2D eigenvalue weighted by atomic mass is 9.86. The van der Waals surface area contributed by atoms with E-state index in [9.17, 15) is 5.11 Å². The van der Waals surface area contributed by atoms with E-state index in [0.29, 0.717) is 0 Å². The monoisotopic (exact) mass is 264 g/mol. The first-order chi connectivity index (χ1) is 9.15. The van der Waals surface area contributed by atoms with Crippen molar-refractivity contribution in [1.29, 1.82) is 0 Å². The van der Waals surface area contributed by atoms with Crippen molar-refractivity contribution in [3.05, 3.63) is 29.8 Å². The van der Waals surface area contributed by atoms with E-state index < -0.39 is 11.7 Å². The minimum absolute atomic E-state index is 0.454. The fourth-order valence-electron chi connectivity index (χ4n) is 2.49. The van der Waals surface area contributed by atoms with Crippen molar-refractivity contribution in [2.45, 2.75) is 51.2 Å². The summed E-state index contributed by atoms with van der Waals surface area (Å²) in [6.45, 7) is 5.55. The van der Waals surface area contributed by atoms with Gasteiger partial charge in [-0.1, -0.05) is 19.1 Å². The molecule has 1 N–H and O–H groups in total. The average Bonchev–Trinajstić information content (AvgIpc) is 2.46. The number of hydrogen-bond donors (Lipinski definition) is 1. The van der Waals surface area contributed by atoms with Crippen LogP contribution in [0.3, 0.4) is 0 Å². The smallest absolute Gasteiger partial charge is 0.119 e. The van der Waals surface area contributed by atoms with Crippen LogP contribution >= 0.6 is 0 Å². The molecule has 1 aromatic rings. The van der Waals surface area contributed by atoms with Gasteiger partial charge in [0, 0.05) is 6.61 Å². The standard InChI is InChI=1S/C16H24O3/c1-3-11-18-14-8-6-13(7-9-14)15(17)16(2)10-4-5-12-19-16/h6-9,15,17H,3-5,10-12H2,1-2H3. The van der Waals surface area contributed by atoms with Gasteiger partial charge in [-0.15, -0.1) is 0 Å². The van der Waals surface area contributed by atoms with Gasteiger partial charge >= 0.3 is 0 Å². The number of ether oxygens (including phenoxy) is 2. The summed E-state index contributed by atoms with van der Waals surface area (Å²) in [5.74, 6) is 0.854. The molecule has 3 nitrogen and oxygen atoms in total. The van der Waals surface area contributed by atoms with Gasteiger partial charge in [0.1, 0.15) is 11.9 Å². The molecule has 1 saturated heterocycles. The van der Waals surface area contributed by atoms with Gasteiger partial charge in [-0.3, -0.25) is 0 Å². The largest absolute Gasteiger partial charge is 0.494 e. The van der Waals surface area contributed by atoms with Crippen LogP contribution in [-0.4, -0.2) is 23.9 Å². The molecule has 0 radical (unpaired) electrons. The highest BCUT2D eigenvalue weighted by atomic mass is 16.5. The molecule has 1 fully saturated rings. The highest BCUT2D eigenvalue weighted by Crippen LogP contribution is 2.36. The van der Waals surface area contributed by atoms with Crippen LogP contribution in [0.4, 0.5) is 0 Å². The summed E-state index contributed by atoms with van der Waals surface area (Å²) in [4.78, 5) is 0. The van der Waals surface area contributed by atoms with Crippen molar-refractivity contribution < 1.29 is 14.6 Å². The molecule has 1 aromatic carbocycles. The minimum Gasteiger partial charge on any atom is -0.494 e. The number of aliphatic hydroxyl groups excluding tert-OH is 1. The second kappa shape index (κ2) is 6.40. The molecule has 19 heavy (non-hydrogen) atoms. The predicted molar refractivity (Wildman–Crippen MR) is 75.4 cm³/mol. The highest BCUT2D eigenvalue weighted by Gasteiger charge is 2.36. The Kier molecular flexibility index (Phi) is 4.83. The molecular formula is C16H24O3. The highest BCUT2D eigenvalue weighted by molar-refractivity contribution is 5.29. The summed E-state index contributed by atoms with van der Waals surface area (Å²) in [6.07, 6.45) is 3.53. The van der Waals surface area contributed by atoms with E-state index in [1.54, 1.807) is 0 Å². The van der Waals surface area contributed by atoms with Gasteiger partial charge in [0.2, 0.25) is 0 Å². The SMILES string of the molecule is CCCOc1ccc(C(O)C2(C)CCCCO2)cc1. The van der Waals surface area contributed by atoms with E-state index in [1.165, 1.54) is 0 Å². The second-order valence-electron chi connectivity index (χ2n) is 5.44. The molecule has 0 amide bonds. The third-order valence-electron chi connectivity index (χ3n) is 3.75. The third-order valence-corrected chi connectivity index (χ3v) is 3.75. The molecule has 1 aliphatic rings. The van der Waals surface area contributed by atoms with E-state index in [-0.39, 0.29) is 0 Å². The molecule has 2 rings (SSSR count). The Morgan fingerprint density at radius 2 is 2.05 bits per heavy atom. The summed E-state index contributed by atoms with van der Waals surface area (Å²) < 4.78 is 11.3. The molecule has 0 saturated carbocycles. The number of hydrogen-bond acceptors (Lipinski definition) is 3. The zero-order valence-corrected chi connectivity index (χ0v) is 11.9. The van der Waals surface area contributed by atoms with Crippen molar-refractivity contribution >= 4 is 0 Å². The maximum atomic E-state index is 10.5. The molecule has 3 heteroatoms. The molecule has 0 aromatic heterocycles. The Hall–Kier alpha value is -1.06. The van der Waals surface area contributed by atoms with Crippen LogP contribution in [0.1, 0.15) is 51.2 Å². The zero-order chi connectivity index (χ0) is 13.7. The molecule has 2 unspecified atom stereocenters. The van der Waals surface area contributed by atoms with Crippen LogP contribution in [0, 0.1) is 0 Å². The second-order valence-corrected chi connectivity index (χ2v) is 5.44. The van der Waals surface area contributed by atoms with Gasteiger partial charge in [0.25, 0.3) is 0 Å². The molecule has 106 valence electrons. The Morgan fingerprint density at radius 1 is 1.32 bits per heavy atom. The Morgan fingerprint density at radius 3 is 2.63 bits per heavy atom. The molecule has 0 aliphatic carbocycles. The maximum absolute atomic E-state index is 10.5. The molecule has 2 atom stereocenters. The topological polar surface area (TPSA) is 38.7 Å². The van der Waals surface area contributed by atoms with Crippen molar-refractivity contribution in [2.75, 3.05) is 13.2 Å². The van der Waals surface area contributed by atoms with E-state index in [0.717, 1.165) is 50.2 Å². The Bertz CT molecular complexity index is 379. The van der Waals surface area contributed by atoms with Gasteiger partial charge in [0.05, 0.1) is 12.2 Å². The van der Waals surface area contributed by atoms with Crippen molar-refractivity contribution in [1.82, 2.24) is 0 Å². The lowest BCUT2D eigenvalue weighted by molar-refractivity contribution is -0.138. The minimum atomic E-state index is -0.576. The third kappa shape index (κ3) is 3.48. The molecule has 1 heterocycles. The van der Waals surface area contributed by atoms with Crippen molar-refractivity contribution in [3.63, 3.8) is 0 Å². The first kappa shape index (κ1) is 14.4. The van der Waals surface area contributed by atoms with E-state index >= 15 is 0 Å². The van der Waals surface area contributed by atoms with Gasteiger partial charge in [-0.2, -0.15) is 0 Å². The van der Waals surface area contributed by atoms with Gasteiger partial charge in [0.15, 0.2) is 0 Å². The van der Waals surface area contributed by atoms with E-state index in [4.69, 9.17) is 9.47 Å². The molecule has 0 bridgehead atoms. The first-order valence-corrected chi connectivity index (χ1v) is 7.20. The molecular weight excluding hydrogens is 240 g/mol. The van der Waals surface area contributed by atoms with Crippen LogP contribution in [0.5, 0.6) is 5.75 Å². The van der Waals surface area contributed by atoms with Crippen LogP contribution in [0.2, 0.25) is 0 Å². The fourth-order valence-corrected chi connectivity index (χ4v) is 2.49. The molecule has 0 spiro atoms. The lowest BCUT2D eigenvalue weighted by Crippen LogP contribution is -2.39. The predicted octanol–water partition coefficient (Wildman–Crippen LogP) is 3.47. The Balaban J connectivity index is 2.04. The van der Waals surface area contributed by atoms with E-state index in [1.807, 2.05) is 31.2 Å². The first-order valence-electron chi connectivity index (χ1n) is 7.20. The summed E-state index contributed by atoms with van der Waals surface area (Å²) in [5.41, 5.74) is 0.442. The van der Waals surface area contributed by atoms with Crippen molar-refractivity contribution in [2.24, 2.45) is 0 Å². The van der Waals surface area contributed by atoms with Gasteiger partial charge in [-0.25, -0.2) is 0 Å². The van der Waals surface area contributed by atoms with Gasteiger partial charge in [-0.05, 0) is 50.3 Å². The average molecular weight is 264 g/mol. The number of benzene rings is 1.